The minimum atomic E-state index is 0.592. The Morgan fingerprint density at radius 3 is 1.60 bits per heavy atom. The predicted molar refractivity (Wildman–Crippen MR) is 226 cm³/mol. The standard InChI is InChI=1S/C50H29N5/c1-52-34-27-28-46-40(30-34)38-16-5-10-21-44(38)53(46)41-18-7-2-13-35(41)32-25-26-33(31-51)49(29-32)55-45-22-11-6-17-39(45)50-47(23-12-24-48(50)55)54-42-19-8-3-14-36(42)37-15-4-9-20-43(37)54/h2-30H. The highest BCUT2D eigenvalue weighted by atomic mass is 15.0. The van der Waals surface area contributed by atoms with Crippen LogP contribution in [0.1, 0.15) is 5.56 Å². The second kappa shape index (κ2) is 11.8. The number of benzene rings is 8. The zero-order valence-electron chi connectivity index (χ0n) is 29.5. The summed E-state index contributed by atoms with van der Waals surface area (Å²) in [5.41, 5.74) is 12.7. The van der Waals surface area contributed by atoms with Crippen LogP contribution in [0.3, 0.4) is 0 Å². The lowest BCUT2D eigenvalue weighted by molar-refractivity contribution is 1.16. The summed E-state index contributed by atoms with van der Waals surface area (Å²) in [5, 5.41) is 17.5. The lowest BCUT2D eigenvalue weighted by Crippen LogP contribution is -2.01. The fraction of sp³-hybridized carbons (Fsp3) is 0. The van der Waals surface area contributed by atoms with Crippen molar-refractivity contribution in [1.82, 2.24) is 13.7 Å². The van der Waals surface area contributed by atoms with Gasteiger partial charge in [0.15, 0.2) is 5.69 Å². The van der Waals surface area contributed by atoms with Crippen LogP contribution in [-0.2, 0) is 0 Å². The van der Waals surface area contributed by atoms with Crippen LogP contribution in [0.4, 0.5) is 5.69 Å². The number of hydrogen-bond donors (Lipinski definition) is 0. The molecule has 5 heteroatoms. The predicted octanol–water partition coefficient (Wildman–Crippen LogP) is 13.1. The van der Waals surface area contributed by atoms with Crippen LogP contribution in [0.2, 0.25) is 0 Å². The van der Waals surface area contributed by atoms with Crippen molar-refractivity contribution in [3.63, 3.8) is 0 Å². The molecular weight excluding hydrogens is 671 g/mol. The van der Waals surface area contributed by atoms with Crippen molar-refractivity contribution in [3.05, 3.63) is 193 Å². The van der Waals surface area contributed by atoms with Gasteiger partial charge in [-0.2, -0.15) is 5.26 Å². The maximum atomic E-state index is 10.7. The summed E-state index contributed by atoms with van der Waals surface area (Å²) >= 11 is 0. The molecule has 5 nitrogen and oxygen atoms in total. The molecule has 3 heterocycles. The van der Waals surface area contributed by atoms with Crippen LogP contribution < -0.4 is 0 Å². The summed E-state index contributed by atoms with van der Waals surface area (Å²) in [6, 6.07) is 63.7. The van der Waals surface area contributed by atoms with Gasteiger partial charge < -0.3 is 13.7 Å². The molecule has 0 saturated carbocycles. The van der Waals surface area contributed by atoms with Gasteiger partial charge in [-0.1, -0.05) is 109 Å². The van der Waals surface area contributed by atoms with E-state index in [0.717, 1.165) is 82.8 Å². The van der Waals surface area contributed by atoms with Crippen LogP contribution in [0.25, 0.3) is 98.5 Å². The van der Waals surface area contributed by atoms with E-state index in [9.17, 15) is 5.26 Å². The SMILES string of the molecule is [C-]#[N+]c1ccc2c(c1)c1ccccc1n2-c1ccccc1-c1ccc(C#N)c(-n2c3ccccc3c3c(-n4c5ccccc5c5ccccc54)cccc32)c1. The van der Waals surface area contributed by atoms with E-state index in [2.05, 4.69) is 176 Å². The summed E-state index contributed by atoms with van der Waals surface area (Å²) in [6.07, 6.45) is 0. The van der Waals surface area contributed by atoms with Gasteiger partial charge in [0, 0.05) is 32.5 Å². The van der Waals surface area contributed by atoms with Gasteiger partial charge in [0.1, 0.15) is 6.07 Å². The molecule has 254 valence electrons. The normalized spacial score (nSPS) is 11.6. The summed E-state index contributed by atoms with van der Waals surface area (Å²) in [4.78, 5) is 3.73. The Morgan fingerprint density at radius 2 is 0.927 bits per heavy atom. The molecule has 0 unspecified atom stereocenters. The van der Waals surface area contributed by atoms with Crippen LogP contribution in [-0.4, -0.2) is 13.7 Å². The third kappa shape index (κ3) is 4.39. The highest BCUT2D eigenvalue weighted by Gasteiger charge is 2.22. The smallest absolute Gasteiger partial charge is 0.188 e. The van der Waals surface area contributed by atoms with Crippen molar-refractivity contribution in [2.75, 3.05) is 0 Å². The van der Waals surface area contributed by atoms with Gasteiger partial charge in [-0.25, -0.2) is 4.85 Å². The first-order chi connectivity index (χ1) is 27.2. The first kappa shape index (κ1) is 30.7. The molecule has 0 atom stereocenters. The van der Waals surface area contributed by atoms with Crippen molar-refractivity contribution in [1.29, 1.82) is 5.26 Å². The molecule has 55 heavy (non-hydrogen) atoms. The fourth-order valence-electron chi connectivity index (χ4n) is 8.81. The number of aromatic nitrogens is 3. The summed E-state index contributed by atoms with van der Waals surface area (Å²) in [7, 11) is 0. The van der Waals surface area contributed by atoms with Crippen molar-refractivity contribution >= 4 is 71.1 Å². The molecular formula is C50H29N5. The number of hydrogen-bond acceptors (Lipinski definition) is 1. The molecule has 0 amide bonds. The molecule has 3 aromatic heterocycles. The van der Waals surface area contributed by atoms with Gasteiger partial charge >= 0.3 is 0 Å². The van der Waals surface area contributed by atoms with E-state index in [-0.39, 0.29) is 0 Å². The molecule has 0 spiro atoms. The number of nitrogens with zero attached hydrogens (tertiary/aromatic N) is 5. The van der Waals surface area contributed by atoms with Crippen LogP contribution in [0, 0.1) is 17.9 Å². The maximum Gasteiger partial charge on any atom is 0.188 e. The van der Waals surface area contributed by atoms with E-state index in [4.69, 9.17) is 6.57 Å². The zero-order valence-corrected chi connectivity index (χ0v) is 29.5. The Balaban J connectivity index is 1.18. The lowest BCUT2D eigenvalue weighted by Gasteiger charge is -2.16. The van der Waals surface area contributed by atoms with Crippen molar-refractivity contribution in [2.24, 2.45) is 0 Å². The minimum absolute atomic E-state index is 0.592. The average molecular weight is 700 g/mol. The van der Waals surface area contributed by atoms with Crippen molar-refractivity contribution in [2.45, 2.75) is 0 Å². The second-order valence-electron chi connectivity index (χ2n) is 13.9. The molecule has 0 bridgehead atoms. The number of fused-ring (bicyclic) bond motifs is 9. The van der Waals surface area contributed by atoms with Crippen molar-refractivity contribution in [3.8, 4) is 34.3 Å². The highest BCUT2D eigenvalue weighted by molar-refractivity contribution is 6.17. The van der Waals surface area contributed by atoms with Gasteiger partial charge in [-0.15, -0.1) is 0 Å². The van der Waals surface area contributed by atoms with E-state index < -0.39 is 0 Å². The van der Waals surface area contributed by atoms with E-state index in [1.807, 2.05) is 24.3 Å². The van der Waals surface area contributed by atoms with Crippen molar-refractivity contribution < 1.29 is 0 Å². The molecule has 0 saturated heterocycles. The third-order valence-corrected chi connectivity index (χ3v) is 11.1. The van der Waals surface area contributed by atoms with Gasteiger partial charge in [0.2, 0.25) is 0 Å². The van der Waals surface area contributed by atoms with E-state index in [1.54, 1.807) is 0 Å². The molecule has 0 fully saturated rings. The lowest BCUT2D eigenvalue weighted by atomic mass is 10.00. The van der Waals surface area contributed by atoms with Crippen LogP contribution in [0.15, 0.2) is 176 Å². The van der Waals surface area contributed by atoms with Gasteiger partial charge in [-0.05, 0) is 77.7 Å². The Kier molecular flexibility index (Phi) is 6.61. The maximum absolute atomic E-state index is 10.7. The Bertz CT molecular complexity index is 3420. The molecule has 0 radical (unpaired) electrons. The Morgan fingerprint density at radius 1 is 0.418 bits per heavy atom. The Hall–Kier alpha value is -7.86. The fourth-order valence-corrected chi connectivity index (χ4v) is 8.81. The molecule has 11 aromatic rings. The van der Waals surface area contributed by atoms with Gasteiger partial charge in [0.25, 0.3) is 0 Å². The van der Waals surface area contributed by atoms with Gasteiger partial charge in [-0.3, -0.25) is 0 Å². The highest BCUT2D eigenvalue weighted by Crippen LogP contribution is 2.42. The molecule has 8 aromatic carbocycles. The zero-order chi connectivity index (χ0) is 36.6. The first-order valence-corrected chi connectivity index (χ1v) is 18.3. The molecule has 0 aliphatic heterocycles. The minimum Gasteiger partial charge on any atom is -0.309 e. The number of para-hydroxylation sites is 5. The third-order valence-electron chi connectivity index (χ3n) is 11.1. The first-order valence-electron chi connectivity index (χ1n) is 18.3. The quantitative estimate of drug-likeness (QED) is 0.169. The van der Waals surface area contributed by atoms with Crippen LogP contribution in [0.5, 0.6) is 0 Å². The molecule has 0 aliphatic carbocycles. The molecule has 11 rings (SSSR count). The van der Waals surface area contributed by atoms with E-state index in [0.29, 0.717) is 11.3 Å². The van der Waals surface area contributed by atoms with E-state index >= 15 is 0 Å². The van der Waals surface area contributed by atoms with Crippen LogP contribution >= 0.6 is 0 Å². The summed E-state index contributed by atoms with van der Waals surface area (Å²) in [6.45, 7) is 7.66. The Labute approximate surface area is 316 Å². The number of nitriles is 1. The molecule has 0 aliphatic rings. The topological polar surface area (TPSA) is 42.9 Å². The monoisotopic (exact) mass is 699 g/mol. The summed E-state index contributed by atoms with van der Waals surface area (Å²) < 4.78 is 6.94. The van der Waals surface area contributed by atoms with E-state index in [1.165, 1.54) is 10.8 Å². The second-order valence-corrected chi connectivity index (χ2v) is 13.9. The van der Waals surface area contributed by atoms with Gasteiger partial charge in [0.05, 0.1) is 62.3 Å². The largest absolute Gasteiger partial charge is 0.309 e. The summed E-state index contributed by atoms with van der Waals surface area (Å²) in [5.74, 6) is 0. The number of rotatable bonds is 4. The molecule has 0 N–H and O–H groups in total. The average Bonchev–Trinajstić information content (AvgIpc) is 3.89.